The maximum absolute atomic E-state index is 13.0. The van der Waals surface area contributed by atoms with Crippen LogP contribution in [0.5, 0.6) is 0 Å². The molecule has 0 aromatic heterocycles. The number of sulfonamides is 1. The molecule has 2 fully saturated rings. The van der Waals surface area contributed by atoms with Crippen LogP contribution in [0.25, 0.3) is 10.8 Å². The number of amides is 1. The SMILES string of the molecule is O=C(NC1CC1)[C@@H]1CCCN1S(=O)(=O)c1ccc2ccccc2c1. The highest BCUT2D eigenvalue weighted by atomic mass is 32.2. The second-order valence-corrected chi connectivity index (χ2v) is 8.46. The highest BCUT2D eigenvalue weighted by Crippen LogP contribution is 2.29. The predicted octanol–water partition coefficient (Wildman–Crippen LogP) is 2.27. The molecule has 1 aliphatic heterocycles. The number of benzene rings is 2. The number of fused-ring (bicyclic) bond motifs is 1. The summed E-state index contributed by atoms with van der Waals surface area (Å²) in [5, 5.41) is 4.82. The Bertz CT molecular complexity index is 890. The van der Waals surface area contributed by atoms with E-state index < -0.39 is 16.1 Å². The monoisotopic (exact) mass is 344 g/mol. The molecule has 24 heavy (non-hydrogen) atoms. The summed E-state index contributed by atoms with van der Waals surface area (Å²) < 4.78 is 27.5. The summed E-state index contributed by atoms with van der Waals surface area (Å²) in [7, 11) is -3.67. The number of nitrogens with zero attached hydrogens (tertiary/aromatic N) is 1. The lowest BCUT2D eigenvalue weighted by Crippen LogP contribution is -2.46. The van der Waals surface area contributed by atoms with E-state index in [1.807, 2.05) is 30.3 Å². The molecule has 4 rings (SSSR count). The smallest absolute Gasteiger partial charge is 0.243 e. The number of hydrogen-bond donors (Lipinski definition) is 1. The zero-order chi connectivity index (χ0) is 16.7. The Morgan fingerprint density at radius 2 is 1.79 bits per heavy atom. The van der Waals surface area contributed by atoms with Crippen LogP contribution in [0.3, 0.4) is 0 Å². The van der Waals surface area contributed by atoms with Crippen LogP contribution in [-0.2, 0) is 14.8 Å². The minimum Gasteiger partial charge on any atom is -0.352 e. The van der Waals surface area contributed by atoms with Crippen molar-refractivity contribution in [1.82, 2.24) is 9.62 Å². The molecule has 2 aliphatic rings. The lowest BCUT2D eigenvalue weighted by atomic mass is 10.1. The molecule has 0 bridgehead atoms. The first-order chi connectivity index (χ1) is 11.6. The molecule has 2 aromatic carbocycles. The Labute approximate surface area is 141 Å². The fraction of sp³-hybridized carbons (Fsp3) is 0.389. The number of rotatable bonds is 4. The van der Waals surface area contributed by atoms with Crippen molar-refractivity contribution in [2.45, 2.75) is 42.7 Å². The zero-order valence-electron chi connectivity index (χ0n) is 13.3. The topological polar surface area (TPSA) is 66.5 Å². The zero-order valence-corrected chi connectivity index (χ0v) is 14.1. The molecule has 5 nitrogen and oxygen atoms in total. The average molecular weight is 344 g/mol. The molecule has 1 N–H and O–H groups in total. The van der Waals surface area contributed by atoms with Crippen LogP contribution in [0.4, 0.5) is 0 Å². The van der Waals surface area contributed by atoms with Crippen LogP contribution in [0, 0.1) is 0 Å². The average Bonchev–Trinajstić information content (AvgIpc) is 3.25. The number of carbonyl (C=O) groups is 1. The Balaban J connectivity index is 1.65. The molecule has 6 heteroatoms. The normalized spacial score (nSPS) is 21.9. The van der Waals surface area contributed by atoms with Gasteiger partial charge in [-0.25, -0.2) is 8.42 Å². The Kier molecular flexibility index (Phi) is 3.81. The van der Waals surface area contributed by atoms with Gasteiger partial charge in [-0.05, 0) is 48.6 Å². The maximum Gasteiger partial charge on any atom is 0.243 e. The summed E-state index contributed by atoms with van der Waals surface area (Å²) in [5.74, 6) is -0.153. The number of nitrogens with one attached hydrogen (secondary N) is 1. The van der Waals surface area contributed by atoms with E-state index in [4.69, 9.17) is 0 Å². The third-order valence-electron chi connectivity index (χ3n) is 4.76. The van der Waals surface area contributed by atoms with Gasteiger partial charge < -0.3 is 5.32 Å². The molecule has 1 atom stereocenters. The van der Waals surface area contributed by atoms with Crippen LogP contribution < -0.4 is 5.32 Å². The minimum atomic E-state index is -3.67. The third kappa shape index (κ3) is 2.80. The van der Waals surface area contributed by atoms with Crippen molar-refractivity contribution in [1.29, 1.82) is 0 Å². The van der Waals surface area contributed by atoms with Crippen LogP contribution >= 0.6 is 0 Å². The molecule has 1 saturated carbocycles. The Morgan fingerprint density at radius 1 is 1.04 bits per heavy atom. The lowest BCUT2D eigenvalue weighted by Gasteiger charge is -2.23. The van der Waals surface area contributed by atoms with E-state index in [0.717, 1.165) is 30.0 Å². The largest absolute Gasteiger partial charge is 0.352 e. The van der Waals surface area contributed by atoms with E-state index in [9.17, 15) is 13.2 Å². The quantitative estimate of drug-likeness (QED) is 0.925. The van der Waals surface area contributed by atoms with Gasteiger partial charge in [0.15, 0.2) is 0 Å². The second kappa shape index (κ2) is 5.86. The van der Waals surface area contributed by atoms with E-state index in [1.54, 1.807) is 12.1 Å². The summed E-state index contributed by atoms with van der Waals surface area (Å²) in [5.41, 5.74) is 0. The van der Waals surface area contributed by atoms with E-state index in [-0.39, 0.29) is 16.8 Å². The fourth-order valence-electron chi connectivity index (χ4n) is 3.28. The molecule has 0 spiro atoms. The molecule has 0 unspecified atom stereocenters. The molecular formula is C18H20N2O3S. The summed E-state index contributed by atoms with van der Waals surface area (Å²) in [6, 6.07) is 12.5. The van der Waals surface area contributed by atoms with Gasteiger partial charge >= 0.3 is 0 Å². The van der Waals surface area contributed by atoms with Crippen molar-refractivity contribution in [2.75, 3.05) is 6.54 Å². The molecule has 1 saturated heterocycles. The van der Waals surface area contributed by atoms with Crippen LogP contribution in [0.2, 0.25) is 0 Å². The van der Waals surface area contributed by atoms with Gasteiger partial charge in [-0.15, -0.1) is 0 Å². The van der Waals surface area contributed by atoms with Crippen molar-refractivity contribution < 1.29 is 13.2 Å². The van der Waals surface area contributed by atoms with Crippen molar-refractivity contribution in [3.8, 4) is 0 Å². The standard InChI is InChI=1S/C18H20N2O3S/c21-18(19-15-8-9-15)17-6-3-11-20(17)24(22,23)16-10-7-13-4-1-2-5-14(13)12-16/h1-2,4-5,7,10,12,15,17H,3,6,8-9,11H2,(H,19,21)/t17-/m0/s1. The van der Waals surface area contributed by atoms with Crippen LogP contribution in [0.1, 0.15) is 25.7 Å². The van der Waals surface area contributed by atoms with Gasteiger partial charge in [0.05, 0.1) is 4.90 Å². The van der Waals surface area contributed by atoms with Gasteiger partial charge in [-0.2, -0.15) is 4.31 Å². The van der Waals surface area contributed by atoms with Crippen molar-refractivity contribution in [3.05, 3.63) is 42.5 Å². The molecule has 2 aromatic rings. The van der Waals surface area contributed by atoms with E-state index in [2.05, 4.69) is 5.32 Å². The van der Waals surface area contributed by atoms with Crippen LogP contribution in [-0.4, -0.2) is 37.3 Å². The van der Waals surface area contributed by atoms with Gasteiger partial charge in [0.25, 0.3) is 0 Å². The highest BCUT2D eigenvalue weighted by Gasteiger charge is 2.40. The van der Waals surface area contributed by atoms with Crippen LogP contribution in [0.15, 0.2) is 47.4 Å². The molecule has 1 heterocycles. The second-order valence-electron chi connectivity index (χ2n) is 6.57. The van der Waals surface area contributed by atoms with Crippen molar-refractivity contribution in [3.63, 3.8) is 0 Å². The molecule has 1 amide bonds. The Hall–Kier alpha value is -1.92. The summed E-state index contributed by atoms with van der Waals surface area (Å²) in [4.78, 5) is 12.6. The first-order valence-electron chi connectivity index (χ1n) is 8.37. The molecule has 0 radical (unpaired) electrons. The van der Waals surface area contributed by atoms with E-state index in [0.29, 0.717) is 13.0 Å². The first-order valence-corrected chi connectivity index (χ1v) is 9.81. The summed E-state index contributed by atoms with van der Waals surface area (Å²) in [6.07, 6.45) is 3.30. The Morgan fingerprint density at radius 3 is 2.54 bits per heavy atom. The number of carbonyl (C=O) groups excluding carboxylic acids is 1. The van der Waals surface area contributed by atoms with E-state index >= 15 is 0 Å². The summed E-state index contributed by atoms with van der Waals surface area (Å²) in [6.45, 7) is 0.401. The van der Waals surface area contributed by atoms with Gasteiger partial charge in [0, 0.05) is 12.6 Å². The van der Waals surface area contributed by atoms with Crippen molar-refractivity contribution in [2.24, 2.45) is 0 Å². The van der Waals surface area contributed by atoms with Gasteiger partial charge in [-0.1, -0.05) is 30.3 Å². The fourth-order valence-corrected chi connectivity index (χ4v) is 4.97. The van der Waals surface area contributed by atoms with Crippen molar-refractivity contribution >= 4 is 26.7 Å². The summed E-state index contributed by atoms with van der Waals surface area (Å²) >= 11 is 0. The number of hydrogen-bond acceptors (Lipinski definition) is 3. The maximum atomic E-state index is 13.0. The lowest BCUT2D eigenvalue weighted by molar-refractivity contribution is -0.124. The minimum absolute atomic E-state index is 0.153. The molecule has 1 aliphatic carbocycles. The van der Waals surface area contributed by atoms with Gasteiger partial charge in [0.2, 0.25) is 15.9 Å². The van der Waals surface area contributed by atoms with Gasteiger partial charge in [-0.3, -0.25) is 4.79 Å². The third-order valence-corrected chi connectivity index (χ3v) is 6.66. The molecule has 126 valence electrons. The predicted molar refractivity (Wildman–Crippen MR) is 92.0 cm³/mol. The van der Waals surface area contributed by atoms with E-state index in [1.165, 1.54) is 4.31 Å². The van der Waals surface area contributed by atoms with Gasteiger partial charge in [0.1, 0.15) is 6.04 Å². The highest BCUT2D eigenvalue weighted by molar-refractivity contribution is 7.89. The molecular weight excluding hydrogens is 324 g/mol. The first kappa shape index (κ1) is 15.6.